The number of nitrogens with one attached hydrogen (secondary N) is 1. The van der Waals surface area contributed by atoms with Crippen LogP contribution in [0.15, 0.2) is 0 Å². The van der Waals surface area contributed by atoms with Crippen molar-refractivity contribution in [1.29, 1.82) is 5.26 Å². The zero-order chi connectivity index (χ0) is 14.4. The number of carbonyl (C=O) groups is 2. The Morgan fingerprint density at radius 2 is 2.21 bits per heavy atom. The lowest BCUT2D eigenvalue weighted by molar-refractivity contribution is -0.115. The Morgan fingerprint density at radius 3 is 2.74 bits per heavy atom. The summed E-state index contributed by atoms with van der Waals surface area (Å²) in [4.78, 5) is 23.6. The first-order valence-electron chi connectivity index (χ1n) is 5.61. The number of carbonyl (C=O) groups excluding carboxylic acids is 2. The van der Waals surface area contributed by atoms with E-state index in [0.29, 0.717) is 32.8 Å². The molecule has 1 amide bonds. The molecule has 0 fully saturated rings. The number of nitrogens with zero attached hydrogens (tertiary/aromatic N) is 1. The second-order valence-electron chi connectivity index (χ2n) is 3.58. The van der Waals surface area contributed by atoms with Crippen LogP contribution in [0.5, 0.6) is 0 Å². The minimum Gasteiger partial charge on any atom is -0.462 e. The summed E-state index contributed by atoms with van der Waals surface area (Å²) >= 11 is 4.23. The fourth-order valence-corrected chi connectivity index (χ4v) is 2.83. The van der Waals surface area contributed by atoms with Crippen LogP contribution in [-0.4, -0.2) is 23.8 Å². The highest BCUT2D eigenvalue weighted by Crippen LogP contribution is 2.33. The van der Waals surface area contributed by atoms with E-state index in [9.17, 15) is 9.59 Å². The van der Waals surface area contributed by atoms with Gasteiger partial charge in [0, 0.05) is 11.8 Å². The van der Waals surface area contributed by atoms with Gasteiger partial charge >= 0.3 is 5.97 Å². The third-order valence-electron chi connectivity index (χ3n) is 2.29. The van der Waals surface area contributed by atoms with E-state index in [1.54, 1.807) is 13.8 Å². The van der Waals surface area contributed by atoms with E-state index < -0.39 is 5.97 Å². The van der Waals surface area contributed by atoms with Crippen molar-refractivity contribution < 1.29 is 14.3 Å². The molecule has 0 bridgehead atoms. The summed E-state index contributed by atoms with van der Waals surface area (Å²) in [5.74, 6) is -0.674. The quantitative estimate of drug-likeness (QED) is 0.657. The van der Waals surface area contributed by atoms with Gasteiger partial charge in [0.15, 0.2) is 0 Å². The van der Waals surface area contributed by atoms with Crippen LogP contribution in [0.3, 0.4) is 0 Å². The van der Waals surface area contributed by atoms with Gasteiger partial charge in [-0.25, -0.2) is 4.79 Å². The van der Waals surface area contributed by atoms with Gasteiger partial charge in [-0.05, 0) is 19.4 Å². The van der Waals surface area contributed by atoms with Crippen LogP contribution >= 0.6 is 27.3 Å². The Morgan fingerprint density at radius 1 is 1.53 bits per heavy atom. The third-order valence-corrected chi connectivity index (χ3v) is 3.88. The van der Waals surface area contributed by atoms with E-state index in [0.717, 1.165) is 11.3 Å². The van der Waals surface area contributed by atoms with Gasteiger partial charge in [-0.1, -0.05) is 15.9 Å². The first kappa shape index (κ1) is 15.7. The maximum Gasteiger partial charge on any atom is 0.348 e. The molecule has 0 spiro atoms. The number of alkyl halides is 1. The van der Waals surface area contributed by atoms with Crippen molar-refractivity contribution in [3.05, 3.63) is 16.0 Å². The average molecular weight is 345 g/mol. The van der Waals surface area contributed by atoms with Gasteiger partial charge in [-0.3, -0.25) is 4.79 Å². The van der Waals surface area contributed by atoms with Crippen molar-refractivity contribution >= 4 is 44.1 Å². The van der Waals surface area contributed by atoms with E-state index in [4.69, 9.17) is 10.00 Å². The van der Waals surface area contributed by atoms with Crippen molar-refractivity contribution in [2.75, 3.05) is 17.3 Å². The number of thiophene rings is 1. The minimum atomic E-state index is -0.470. The highest BCUT2D eigenvalue weighted by Gasteiger charge is 2.21. The number of anilines is 1. The zero-order valence-corrected chi connectivity index (χ0v) is 13.0. The van der Waals surface area contributed by atoms with Crippen LogP contribution in [0, 0.1) is 18.3 Å². The summed E-state index contributed by atoms with van der Waals surface area (Å²) in [6.07, 6.45) is 0.302. The van der Waals surface area contributed by atoms with Gasteiger partial charge in [0.25, 0.3) is 0 Å². The number of halogens is 1. The van der Waals surface area contributed by atoms with Gasteiger partial charge in [0.1, 0.15) is 15.9 Å². The molecule has 1 N–H and O–H groups in total. The van der Waals surface area contributed by atoms with Crippen molar-refractivity contribution in [3.63, 3.8) is 0 Å². The molecule has 0 saturated heterocycles. The largest absolute Gasteiger partial charge is 0.462 e. The normalized spacial score (nSPS) is 9.79. The number of hydrogen-bond donors (Lipinski definition) is 1. The second-order valence-corrected chi connectivity index (χ2v) is 5.39. The molecule has 1 aromatic heterocycles. The first-order chi connectivity index (χ1) is 9.04. The molecular formula is C12H13BrN2O3S. The molecule has 102 valence electrons. The molecule has 0 saturated carbocycles. The van der Waals surface area contributed by atoms with E-state index in [-0.39, 0.29) is 12.5 Å². The highest BCUT2D eigenvalue weighted by atomic mass is 79.9. The molecule has 19 heavy (non-hydrogen) atoms. The van der Waals surface area contributed by atoms with Gasteiger partial charge in [0.05, 0.1) is 12.2 Å². The van der Waals surface area contributed by atoms with Gasteiger partial charge in [0.2, 0.25) is 5.91 Å². The Kier molecular flexibility index (Phi) is 5.99. The standard InChI is InChI=1S/C12H13BrN2O3S/c1-3-18-12(17)10-7(2)8(6-14)11(19-10)15-9(16)4-5-13/h3-5H2,1-2H3,(H,15,16). The van der Waals surface area contributed by atoms with Gasteiger partial charge < -0.3 is 10.1 Å². The number of hydrogen-bond acceptors (Lipinski definition) is 5. The third kappa shape index (κ3) is 3.78. The second kappa shape index (κ2) is 7.26. The van der Waals surface area contributed by atoms with Crippen molar-refractivity contribution in [2.24, 2.45) is 0 Å². The van der Waals surface area contributed by atoms with Gasteiger partial charge in [-0.2, -0.15) is 5.26 Å². The summed E-state index contributed by atoms with van der Waals surface area (Å²) in [5, 5.41) is 12.7. The Hall–Kier alpha value is -1.39. The zero-order valence-electron chi connectivity index (χ0n) is 10.6. The van der Waals surface area contributed by atoms with E-state index in [1.807, 2.05) is 6.07 Å². The molecule has 1 heterocycles. The number of esters is 1. The predicted molar refractivity (Wildman–Crippen MR) is 76.8 cm³/mol. The number of nitriles is 1. The number of rotatable bonds is 5. The maximum atomic E-state index is 11.7. The molecule has 0 atom stereocenters. The Bertz CT molecular complexity index is 534. The maximum absolute atomic E-state index is 11.7. The Labute approximate surface area is 123 Å². The van der Waals surface area contributed by atoms with Gasteiger partial charge in [-0.15, -0.1) is 11.3 Å². The van der Waals surface area contributed by atoms with Crippen LogP contribution in [0.2, 0.25) is 0 Å². The monoisotopic (exact) mass is 344 g/mol. The van der Waals surface area contributed by atoms with Crippen LogP contribution in [0.4, 0.5) is 5.00 Å². The molecule has 0 unspecified atom stereocenters. The SMILES string of the molecule is CCOC(=O)c1sc(NC(=O)CCBr)c(C#N)c1C. The molecule has 0 aliphatic rings. The fraction of sp³-hybridized carbons (Fsp3) is 0.417. The smallest absolute Gasteiger partial charge is 0.348 e. The van der Waals surface area contributed by atoms with Crippen LogP contribution < -0.4 is 5.32 Å². The lowest BCUT2D eigenvalue weighted by Crippen LogP contribution is -2.11. The van der Waals surface area contributed by atoms with E-state index in [2.05, 4.69) is 21.2 Å². The molecule has 1 rings (SSSR count). The first-order valence-corrected chi connectivity index (χ1v) is 7.55. The summed E-state index contributed by atoms with van der Waals surface area (Å²) < 4.78 is 4.92. The topological polar surface area (TPSA) is 79.2 Å². The number of ether oxygens (including phenoxy) is 1. The predicted octanol–water partition coefficient (Wildman–Crippen LogP) is 2.83. The summed E-state index contributed by atoms with van der Waals surface area (Å²) in [6, 6.07) is 2.00. The average Bonchev–Trinajstić information content (AvgIpc) is 2.66. The van der Waals surface area contributed by atoms with Crippen LogP contribution in [0.25, 0.3) is 0 Å². The minimum absolute atomic E-state index is 0.204. The van der Waals surface area contributed by atoms with E-state index >= 15 is 0 Å². The number of amides is 1. The molecule has 0 aliphatic heterocycles. The Balaban J connectivity index is 3.06. The van der Waals surface area contributed by atoms with Crippen molar-refractivity contribution in [3.8, 4) is 6.07 Å². The molecular weight excluding hydrogens is 332 g/mol. The van der Waals surface area contributed by atoms with Crippen molar-refractivity contribution in [2.45, 2.75) is 20.3 Å². The fourth-order valence-electron chi connectivity index (χ4n) is 1.40. The molecule has 7 heteroatoms. The summed E-state index contributed by atoms with van der Waals surface area (Å²) in [6.45, 7) is 3.65. The molecule has 0 aliphatic carbocycles. The molecule has 5 nitrogen and oxygen atoms in total. The summed E-state index contributed by atoms with van der Waals surface area (Å²) in [7, 11) is 0. The van der Waals surface area contributed by atoms with Crippen molar-refractivity contribution in [1.82, 2.24) is 0 Å². The van der Waals surface area contributed by atoms with Crippen LogP contribution in [-0.2, 0) is 9.53 Å². The summed E-state index contributed by atoms with van der Waals surface area (Å²) in [5.41, 5.74) is 0.857. The lowest BCUT2D eigenvalue weighted by atomic mass is 10.2. The highest BCUT2D eigenvalue weighted by molar-refractivity contribution is 9.09. The van der Waals surface area contributed by atoms with E-state index in [1.165, 1.54) is 0 Å². The molecule has 1 aromatic rings. The lowest BCUT2D eigenvalue weighted by Gasteiger charge is -2.00. The van der Waals surface area contributed by atoms with Crippen LogP contribution in [0.1, 0.15) is 34.1 Å². The molecule has 0 radical (unpaired) electrons. The molecule has 0 aromatic carbocycles.